The molecule has 1 heterocycles. The maximum atomic E-state index is 13.6. The van der Waals surface area contributed by atoms with E-state index in [4.69, 9.17) is 4.99 Å². The topological polar surface area (TPSA) is 84.1 Å². The molecule has 3 aromatic rings. The van der Waals surface area contributed by atoms with Gasteiger partial charge < -0.3 is 15.2 Å². The van der Waals surface area contributed by atoms with Gasteiger partial charge >= 0.3 is 5.97 Å². The summed E-state index contributed by atoms with van der Waals surface area (Å²) in [7, 11) is 0. The summed E-state index contributed by atoms with van der Waals surface area (Å²) in [4.78, 5) is 33.5. The molecule has 1 saturated heterocycles. The largest absolute Gasteiger partial charge is 0.625 e. The minimum atomic E-state index is -1.36. The molecule has 0 spiro atoms. The Hall–Kier alpha value is -3.54. The Kier molecular flexibility index (Phi) is 10.3. The first-order valence-electron chi connectivity index (χ1n) is 14.1. The molecule has 2 aliphatic rings. The fourth-order valence-corrected chi connectivity index (χ4v) is 5.76. The third-order valence-electron chi connectivity index (χ3n) is 8.07. The molecule has 3 atom stereocenters. The van der Waals surface area contributed by atoms with E-state index in [0.29, 0.717) is 23.5 Å². The fraction of sp³-hybridized carbons (Fsp3) is 0.324. The molecule has 3 unspecified atom stereocenters. The van der Waals surface area contributed by atoms with Gasteiger partial charge in [0.05, 0.1) is 17.7 Å². The molecule has 1 amide bonds. The van der Waals surface area contributed by atoms with Crippen molar-refractivity contribution >= 4 is 23.3 Å². The summed E-state index contributed by atoms with van der Waals surface area (Å²) in [5.74, 6) is -1.37. The van der Waals surface area contributed by atoms with Crippen LogP contribution in [-0.2, 0) is 32.6 Å². The van der Waals surface area contributed by atoms with Crippen molar-refractivity contribution in [1.82, 2.24) is 4.90 Å². The van der Waals surface area contributed by atoms with E-state index in [-0.39, 0.29) is 34.4 Å². The molecule has 1 N–H and O–H groups in total. The van der Waals surface area contributed by atoms with E-state index in [1.807, 2.05) is 78.9 Å². The number of amides is 1. The number of carboxylic acids is 1. The van der Waals surface area contributed by atoms with Gasteiger partial charge in [-0.15, -0.1) is 5.69 Å². The minimum absolute atomic E-state index is 0. The van der Waals surface area contributed by atoms with Crippen LogP contribution >= 0.6 is 0 Å². The first-order chi connectivity index (χ1) is 19.5. The Morgan fingerprint density at radius 3 is 2.32 bits per heavy atom. The van der Waals surface area contributed by atoms with Gasteiger partial charge in [0.15, 0.2) is 5.54 Å². The Bertz CT molecular complexity index is 1390. The van der Waals surface area contributed by atoms with E-state index in [1.165, 1.54) is 5.56 Å². The summed E-state index contributed by atoms with van der Waals surface area (Å²) in [5.41, 5.74) is 2.29. The van der Waals surface area contributed by atoms with E-state index in [2.05, 4.69) is 28.4 Å². The summed E-state index contributed by atoms with van der Waals surface area (Å²) >= 11 is 0. The predicted octanol–water partition coefficient (Wildman–Crippen LogP) is 6.92. The van der Waals surface area contributed by atoms with E-state index in [0.717, 1.165) is 44.2 Å². The molecular formula is C34H36N3NiO3-. The van der Waals surface area contributed by atoms with Crippen molar-refractivity contribution in [1.29, 1.82) is 0 Å². The van der Waals surface area contributed by atoms with Crippen LogP contribution in [0.15, 0.2) is 102 Å². The van der Waals surface area contributed by atoms with Crippen molar-refractivity contribution in [2.75, 3.05) is 6.54 Å². The second-order valence-electron chi connectivity index (χ2n) is 10.8. The predicted molar refractivity (Wildman–Crippen MR) is 159 cm³/mol. The van der Waals surface area contributed by atoms with E-state index in [1.54, 1.807) is 6.92 Å². The average Bonchev–Trinajstić information content (AvgIpc) is 3.46. The summed E-state index contributed by atoms with van der Waals surface area (Å²) in [5, 5.41) is 15.1. The van der Waals surface area contributed by atoms with Gasteiger partial charge in [0.2, 0.25) is 0 Å². The van der Waals surface area contributed by atoms with Gasteiger partial charge in [-0.1, -0.05) is 97.1 Å². The zero-order valence-electron chi connectivity index (χ0n) is 23.3. The SMILES string of the molecule is CC(N=C(c1ccccc1)c1ccccc1[N-]C(=O)C1CCCN1Cc1ccccc1)(C(=O)O)C1C=CCCC1.[Ni]. The minimum Gasteiger partial charge on any atom is -0.625 e. The maximum absolute atomic E-state index is 13.6. The Balaban J connectivity index is 0.00000387. The third kappa shape index (κ3) is 7.03. The first-order valence-corrected chi connectivity index (χ1v) is 14.1. The van der Waals surface area contributed by atoms with Crippen molar-refractivity contribution in [2.24, 2.45) is 10.9 Å². The summed E-state index contributed by atoms with van der Waals surface area (Å²) in [6.07, 6.45) is 8.40. The zero-order chi connectivity index (χ0) is 28.0. The van der Waals surface area contributed by atoms with Crippen LogP contribution < -0.4 is 0 Å². The second-order valence-corrected chi connectivity index (χ2v) is 10.8. The maximum Gasteiger partial charge on any atom is 0.331 e. The van der Waals surface area contributed by atoms with Crippen LogP contribution in [0.25, 0.3) is 5.32 Å². The number of hydrogen-bond acceptors (Lipinski definition) is 4. The van der Waals surface area contributed by atoms with Crippen LogP contribution in [0, 0.1) is 5.92 Å². The molecule has 7 heteroatoms. The average molecular weight is 593 g/mol. The molecule has 1 aliphatic heterocycles. The molecule has 5 rings (SSSR count). The van der Waals surface area contributed by atoms with Crippen molar-refractivity contribution in [3.63, 3.8) is 0 Å². The Morgan fingerprint density at radius 2 is 1.63 bits per heavy atom. The van der Waals surface area contributed by atoms with Crippen LogP contribution in [0.2, 0.25) is 0 Å². The molecular weight excluding hydrogens is 557 g/mol. The summed E-state index contributed by atoms with van der Waals surface area (Å²) in [6, 6.07) is 26.9. The first kappa shape index (κ1) is 30.4. The monoisotopic (exact) mass is 592 g/mol. The number of rotatable bonds is 9. The number of benzene rings is 3. The Morgan fingerprint density at radius 1 is 0.951 bits per heavy atom. The van der Waals surface area contributed by atoms with Gasteiger partial charge in [0.1, 0.15) is 0 Å². The number of aliphatic imine (C=N–C) groups is 1. The molecule has 41 heavy (non-hydrogen) atoms. The van der Waals surface area contributed by atoms with Gasteiger partial charge in [-0.05, 0) is 56.7 Å². The van der Waals surface area contributed by atoms with Gasteiger partial charge in [0, 0.05) is 34.5 Å². The van der Waals surface area contributed by atoms with E-state index < -0.39 is 11.5 Å². The third-order valence-corrected chi connectivity index (χ3v) is 8.07. The van der Waals surface area contributed by atoms with Crippen LogP contribution in [-0.4, -0.2) is 45.7 Å². The van der Waals surface area contributed by atoms with Crippen LogP contribution in [0.3, 0.4) is 0 Å². The summed E-state index contributed by atoms with van der Waals surface area (Å²) in [6.45, 7) is 3.26. The van der Waals surface area contributed by atoms with Crippen molar-refractivity contribution in [2.45, 2.75) is 57.2 Å². The fourth-order valence-electron chi connectivity index (χ4n) is 5.76. The van der Waals surface area contributed by atoms with Gasteiger partial charge in [-0.25, -0.2) is 4.79 Å². The number of nitrogens with zero attached hydrogens (tertiary/aromatic N) is 3. The van der Waals surface area contributed by atoms with Gasteiger partial charge in [-0.3, -0.25) is 9.89 Å². The Labute approximate surface area is 252 Å². The van der Waals surface area contributed by atoms with Gasteiger partial charge in [0.25, 0.3) is 0 Å². The molecule has 0 radical (unpaired) electrons. The molecule has 0 aromatic heterocycles. The zero-order valence-corrected chi connectivity index (χ0v) is 24.3. The number of likely N-dealkylation sites (tertiary alicyclic amines) is 1. The molecule has 1 fully saturated rings. The molecule has 6 nitrogen and oxygen atoms in total. The van der Waals surface area contributed by atoms with Crippen molar-refractivity contribution in [3.8, 4) is 0 Å². The number of carbonyl (C=O) groups excluding carboxylic acids is 1. The quantitative estimate of drug-likeness (QED) is 0.166. The van der Waals surface area contributed by atoms with E-state index in [9.17, 15) is 14.7 Å². The van der Waals surface area contributed by atoms with Crippen LogP contribution in [0.1, 0.15) is 55.7 Å². The summed E-state index contributed by atoms with van der Waals surface area (Å²) < 4.78 is 0. The van der Waals surface area contributed by atoms with E-state index >= 15 is 0 Å². The number of para-hydroxylation sites is 1. The molecule has 216 valence electrons. The van der Waals surface area contributed by atoms with Crippen molar-refractivity contribution < 1.29 is 31.2 Å². The number of hydrogen-bond donors (Lipinski definition) is 1. The molecule has 0 saturated carbocycles. The number of allylic oxidation sites excluding steroid dienone is 1. The standard InChI is InChI=1S/C34H37N3O3.Ni/c1-34(33(39)40,27-18-9-4-10-19-27)36-31(26-16-7-3-8-17-26)28-20-11-12-21-29(28)35-32(38)30-22-13-23-37(30)24-25-14-5-2-6-15-25;/h2-3,5-9,11-12,14-18,20-21,27,30H,4,10,13,19,22-24H2,1H3,(H2,35,36,38,39,40);/p-1. The van der Waals surface area contributed by atoms with Crippen LogP contribution in [0.5, 0.6) is 0 Å². The molecule has 1 aliphatic carbocycles. The van der Waals surface area contributed by atoms with Gasteiger partial charge in [-0.2, -0.15) is 0 Å². The molecule has 0 bridgehead atoms. The van der Waals surface area contributed by atoms with Crippen molar-refractivity contribution in [3.05, 3.63) is 119 Å². The smallest absolute Gasteiger partial charge is 0.331 e. The number of aliphatic carboxylic acids is 1. The van der Waals surface area contributed by atoms with Crippen LogP contribution in [0.4, 0.5) is 5.69 Å². The number of carbonyl (C=O) groups is 2. The number of carboxylic acid groups (broad SMARTS) is 1. The second kappa shape index (κ2) is 13.9. The normalized spacial score (nSPS) is 20.6. The molecule has 3 aromatic carbocycles.